The van der Waals surface area contributed by atoms with Gasteiger partial charge in [0, 0.05) is 13.6 Å². The maximum Gasteiger partial charge on any atom is 0.342 e. The van der Waals surface area contributed by atoms with Crippen molar-refractivity contribution < 1.29 is 19.2 Å². The average molecular weight is 254 g/mol. The number of hydrogen-bond donors (Lipinski definition) is 1. The maximum absolute atomic E-state index is 13.7. The van der Waals surface area contributed by atoms with Gasteiger partial charge in [0.1, 0.15) is 5.56 Å². The van der Waals surface area contributed by atoms with E-state index < -0.39 is 28.0 Å². The first-order chi connectivity index (χ1) is 8.38. The molecule has 1 rings (SSSR count). The molecule has 0 aromatic heterocycles. The number of nitro groups is 1. The van der Waals surface area contributed by atoms with E-state index in [4.69, 9.17) is 5.11 Å². The summed E-state index contributed by atoms with van der Waals surface area (Å²) in [6, 6.07) is 1.55. The lowest BCUT2D eigenvalue weighted by atomic mass is 10.1. The summed E-state index contributed by atoms with van der Waals surface area (Å²) in [7, 11) is 1.53. The van der Waals surface area contributed by atoms with Gasteiger partial charge in [-0.05, 0) is 6.07 Å². The van der Waals surface area contributed by atoms with Crippen LogP contribution < -0.4 is 4.90 Å². The number of nitrogens with zero attached hydrogens (tertiary/aromatic N) is 2. The number of carboxylic acids is 1. The van der Waals surface area contributed by atoms with Gasteiger partial charge >= 0.3 is 5.97 Å². The largest absolute Gasteiger partial charge is 0.477 e. The lowest BCUT2D eigenvalue weighted by molar-refractivity contribution is -0.385. The highest BCUT2D eigenvalue weighted by atomic mass is 19.1. The number of hydrogen-bond acceptors (Lipinski definition) is 4. The maximum atomic E-state index is 13.7. The molecule has 0 aliphatic rings. The van der Waals surface area contributed by atoms with Crippen LogP contribution >= 0.6 is 0 Å². The standard InChI is InChI=1S/C11H11FN2O4/c1-3-4-13(2)10-5-7(11(15)16)9(14(17)18)6-8(10)12/h3,5-6H,1,4H2,2H3,(H,15,16). The van der Waals surface area contributed by atoms with Crippen LogP contribution in [0.1, 0.15) is 10.4 Å². The van der Waals surface area contributed by atoms with E-state index in [1.807, 2.05) is 0 Å². The summed E-state index contributed by atoms with van der Waals surface area (Å²) in [5, 5.41) is 19.5. The van der Waals surface area contributed by atoms with Gasteiger partial charge < -0.3 is 10.0 Å². The highest BCUT2D eigenvalue weighted by molar-refractivity contribution is 5.93. The summed E-state index contributed by atoms with van der Waals surface area (Å²) >= 11 is 0. The van der Waals surface area contributed by atoms with Crippen LogP contribution in [0.25, 0.3) is 0 Å². The number of benzene rings is 1. The summed E-state index contributed by atoms with van der Waals surface area (Å²) in [5.41, 5.74) is -1.35. The van der Waals surface area contributed by atoms with Crippen LogP contribution in [-0.4, -0.2) is 29.6 Å². The van der Waals surface area contributed by atoms with Crippen molar-refractivity contribution in [3.8, 4) is 0 Å². The molecule has 0 fully saturated rings. The lowest BCUT2D eigenvalue weighted by Gasteiger charge is -2.18. The smallest absolute Gasteiger partial charge is 0.342 e. The molecule has 0 spiro atoms. The van der Waals surface area contributed by atoms with Gasteiger partial charge in [0.2, 0.25) is 0 Å². The van der Waals surface area contributed by atoms with Gasteiger partial charge in [0.25, 0.3) is 5.69 Å². The third-order valence-corrected chi connectivity index (χ3v) is 2.31. The number of nitro benzene ring substituents is 1. The van der Waals surface area contributed by atoms with E-state index in [9.17, 15) is 19.3 Å². The van der Waals surface area contributed by atoms with Gasteiger partial charge in [-0.15, -0.1) is 6.58 Å². The minimum atomic E-state index is -1.48. The number of carboxylic acid groups (broad SMARTS) is 1. The Bertz CT molecular complexity index is 516. The molecular formula is C11H11FN2O4. The van der Waals surface area contributed by atoms with Crippen LogP contribution in [0.15, 0.2) is 24.8 Å². The van der Waals surface area contributed by atoms with Gasteiger partial charge in [-0.3, -0.25) is 10.1 Å². The van der Waals surface area contributed by atoms with Crippen molar-refractivity contribution in [3.63, 3.8) is 0 Å². The second kappa shape index (κ2) is 5.26. The Kier molecular flexibility index (Phi) is 3.98. The molecule has 0 saturated heterocycles. The molecule has 1 aromatic carbocycles. The molecule has 0 saturated carbocycles. The first kappa shape index (κ1) is 13.6. The van der Waals surface area contributed by atoms with E-state index in [1.165, 1.54) is 18.0 Å². The first-order valence-corrected chi connectivity index (χ1v) is 4.91. The zero-order valence-electron chi connectivity index (χ0n) is 9.59. The topological polar surface area (TPSA) is 83.7 Å². The summed E-state index contributed by atoms with van der Waals surface area (Å²) in [6.07, 6.45) is 1.50. The molecule has 96 valence electrons. The first-order valence-electron chi connectivity index (χ1n) is 4.91. The summed E-state index contributed by atoms with van der Waals surface area (Å²) < 4.78 is 13.7. The molecule has 0 atom stereocenters. The molecule has 6 nitrogen and oxygen atoms in total. The zero-order chi connectivity index (χ0) is 13.9. The Morgan fingerprint density at radius 2 is 2.28 bits per heavy atom. The van der Waals surface area contributed by atoms with Crippen LogP contribution in [0.3, 0.4) is 0 Å². The molecule has 18 heavy (non-hydrogen) atoms. The van der Waals surface area contributed by atoms with E-state index in [0.717, 1.165) is 6.07 Å². The van der Waals surface area contributed by atoms with E-state index in [-0.39, 0.29) is 12.2 Å². The molecule has 0 heterocycles. The number of anilines is 1. The van der Waals surface area contributed by atoms with E-state index in [1.54, 1.807) is 0 Å². The van der Waals surface area contributed by atoms with Crippen molar-refractivity contribution in [2.45, 2.75) is 0 Å². The second-order valence-electron chi connectivity index (χ2n) is 3.55. The fourth-order valence-electron chi connectivity index (χ4n) is 1.46. The number of likely N-dealkylation sites (N-methyl/N-ethyl adjacent to an activating group) is 1. The quantitative estimate of drug-likeness (QED) is 0.494. The van der Waals surface area contributed by atoms with Crippen LogP contribution in [0.5, 0.6) is 0 Å². The van der Waals surface area contributed by atoms with Crippen LogP contribution in [0.2, 0.25) is 0 Å². The molecule has 0 aliphatic heterocycles. The molecule has 0 bridgehead atoms. The monoisotopic (exact) mass is 254 g/mol. The molecule has 0 radical (unpaired) electrons. The number of halogens is 1. The molecule has 1 aromatic rings. The zero-order valence-corrected chi connectivity index (χ0v) is 9.59. The Hall–Kier alpha value is -2.44. The van der Waals surface area contributed by atoms with Crippen molar-refractivity contribution in [3.05, 3.63) is 46.3 Å². The third-order valence-electron chi connectivity index (χ3n) is 2.31. The Morgan fingerprint density at radius 3 is 2.72 bits per heavy atom. The van der Waals surface area contributed by atoms with Crippen LogP contribution in [0, 0.1) is 15.9 Å². The second-order valence-corrected chi connectivity index (χ2v) is 3.55. The highest BCUT2D eigenvalue weighted by Gasteiger charge is 2.24. The molecule has 1 N–H and O–H groups in total. The van der Waals surface area contributed by atoms with E-state index in [2.05, 4.69) is 6.58 Å². The highest BCUT2D eigenvalue weighted by Crippen LogP contribution is 2.28. The van der Waals surface area contributed by atoms with E-state index in [0.29, 0.717) is 6.07 Å². The Labute approximate surface area is 102 Å². The fraction of sp³-hybridized carbons (Fsp3) is 0.182. The van der Waals surface area contributed by atoms with Crippen LogP contribution in [0.4, 0.5) is 15.8 Å². The van der Waals surface area contributed by atoms with Gasteiger partial charge in [-0.1, -0.05) is 6.08 Å². The van der Waals surface area contributed by atoms with Crippen molar-refractivity contribution in [2.75, 3.05) is 18.5 Å². The van der Waals surface area contributed by atoms with Gasteiger partial charge in [0.05, 0.1) is 16.7 Å². The number of aromatic carboxylic acids is 1. The van der Waals surface area contributed by atoms with Crippen molar-refractivity contribution in [2.24, 2.45) is 0 Å². The SMILES string of the molecule is C=CCN(C)c1cc(C(=O)O)c([N+](=O)[O-])cc1F. The lowest BCUT2D eigenvalue weighted by Crippen LogP contribution is -2.19. The Morgan fingerprint density at radius 1 is 1.67 bits per heavy atom. The van der Waals surface area contributed by atoms with E-state index >= 15 is 0 Å². The Balaban J connectivity index is 3.40. The predicted molar refractivity (Wildman–Crippen MR) is 63.5 cm³/mol. The van der Waals surface area contributed by atoms with Crippen molar-refractivity contribution in [1.29, 1.82) is 0 Å². The summed E-state index contributed by atoms with van der Waals surface area (Å²) in [4.78, 5) is 22.0. The van der Waals surface area contributed by atoms with Crippen molar-refractivity contribution in [1.82, 2.24) is 0 Å². The molecular weight excluding hydrogens is 243 g/mol. The predicted octanol–water partition coefficient (Wildman–Crippen LogP) is 2.05. The molecule has 0 unspecified atom stereocenters. The van der Waals surface area contributed by atoms with Crippen molar-refractivity contribution >= 4 is 17.3 Å². The van der Waals surface area contributed by atoms with Gasteiger partial charge in [-0.25, -0.2) is 9.18 Å². The molecule has 7 heteroatoms. The normalized spacial score (nSPS) is 9.89. The minimum Gasteiger partial charge on any atom is -0.477 e. The van der Waals surface area contributed by atoms with Crippen LogP contribution in [-0.2, 0) is 0 Å². The molecule has 0 aliphatic carbocycles. The average Bonchev–Trinajstić information content (AvgIpc) is 2.28. The minimum absolute atomic E-state index is 0.0297. The summed E-state index contributed by atoms with van der Waals surface area (Å²) in [6.45, 7) is 3.76. The van der Waals surface area contributed by atoms with Gasteiger partial charge in [0.15, 0.2) is 5.82 Å². The third kappa shape index (κ3) is 2.62. The summed E-state index contributed by atoms with van der Waals surface area (Å²) in [5.74, 6) is -2.33. The number of rotatable bonds is 5. The molecule has 0 amide bonds. The van der Waals surface area contributed by atoms with Gasteiger partial charge in [-0.2, -0.15) is 0 Å². The number of carbonyl (C=O) groups is 1. The fourth-order valence-corrected chi connectivity index (χ4v) is 1.46.